The smallest absolute Gasteiger partial charge is 0.277 e. The number of hydrogen-bond acceptors (Lipinski definition) is 3. The molecule has 2 aromatic rings. The number of benzene rings is 1. The van der Waals surface area contributed by atoms with Crippen LogP contribution in [0.5, 0.6) is 0 Å². The fourth-order valence-electron chi connectivity index (χ4n) is 3.93. The van der Waals surface area contributed by atoms with Crippen molar-refractivity contribution < 1.29 is 9.59 Å². The Balaban J connectivity index is 1.98. The number of nitrogens with one attached hydrogen (secondary N) is 1. The lowest BCUT2D eigenvalue weighted by molar-refractivity contribution is -0.126. The number of anilines is 1. The summed E-state index contributed by atoms with van der Waals surface area (Å²) in [4.78, 5) is 32.8. The Hall–Kier alpha value is -2.69. The Morgan fingerprint density at radius 1 is 1.10 bits per heavy atom. The van der Waals surface area contributed by atoms with Gasteiger partial charge in [0.2, 0.25) is 5.91 Å². The number of rotatable bonds is 6. The zero-order valence-corrected chi connectivity index (χ0v) is 17.6. The molecule has 1 aliphatic carbocycles. The van der Waals surface area contributed by atoms with Gasteiger partial charge in [0, 0.05) is 17.9 Å². The maximum absolute atomic E-state index is 13.5. The first-order valence-electron chi connectivity index (χ1n) is 10.6. The standard InChI is InChI=1S/C24H31N3O2/c1-4-24(3,23(29)26-19-10-6-5-7-11-19)27(20-15-13-18(2)14-16-20)22(28)21-12-8-9-17-25-21/h8-9,12-17,19H,4-7,10-11H2,1-3H3,(H,26,29)/t24-/m1/s1. The Morgan fingerprint density at radius 2 is 1.79 bits per heavy atom. The van der Waals surface area contributed by atoms with Crippen LogP contribution in [-0.2, 0) is 4.79 Å². The number of nitrogens with zero attached hydrogens (tertiary/aromatic N) is 2. The zero-order chi connectivity index (χ0) is 20.9. The summed E-state index contributed by atoms with van der Waals surface area (Å²) in [6.45, 7) is 5.81. The second-order valence-corrected chi connectivity index (χ2v) is 8.13. The van der Waals surface area contributed by atoms with Crippen molar-refractivity contribution in [3.8, 4) is 0 Å². The van der Waals surface area contributed by atoms with Crippen molar-refractivity contribution >= 4 is 17.5 Å². The molecule has 1 aromatic heterocycles. The molecule has 0 aliphatic heterocycles. The highest BCUT2D eigenvalue weighted by Crippen LogP contribution is 2.30. The monoisotopic (exact) mass is 393 g/mol. The van der Waals surface area contributed by atoms with Crippen LogP contribution in [-0.4, -0.2) is 28.4 Å². The second kappa shape index (κ2) is 9.21. The number of carbonyl (C=O) groups is 2. The first kappa shape index (κ1) is 21.0. The molecule has 1 N–H and O–H groups in total. The quantitative estimate of drug-likeness (QED) is 0.777. The third kappa shape index (κ3) is 4.66. The van der Waals surface area contributed by atoms with Gasteiger partial charge in [-0.05, 0) is 57.4 Å². The van der Waals surface area contributed by atoms with E-state index in [-0.39, 0.29) is 17.9 Å². The van der Waals surface area contributed by atoms with Gasteiger partial charge in [-0.3, -0.25) is 19.5 Å². The van der Waals surface area contributed by atoms with Crippen molar-refractivity contribution in [2.45, 2.75) is 70.9 Å². The Kier molecular flexibility index (Phi) is 6.68. The molecule has 1 fully saturated rings. The minimum Gasteiger partial charge on any atom is -0.351 e. The molecule has 154 valence electrons. The van der Waals surface area contributed by atoms with Crippen LogP contribution in [0.1, 0.15) is 68.4 Å². The van der Waals surface area contributed by atoms with Crippen molar-refractivity contribution in [3.63, 3.8) is 0 Å². The average molecular weight is 394 g/mol. The van der Waals surface area contributed by atoms with E-state index < -0.39 is 5.54 Å². The number of hydrogen-bond donors (Lipinski definition) is 1. The number of pyridine rings is 1. The highest BCUT2D eigenvalue weighted by Gasteiger charge is 2.43. The molecular weight excluding hydrogens is 362 g/mol. The van der Waals surface area contributed by atoms with E-state index in [1.165, 1.54) is 6.42 Å². The molecule has 29 heavy (non-hydrogen) atoms. The molecule has 0 radical (unpaired) electrons. The fraction of sp³-hybridized carbons (Fsp3) is 0.458. The van der Waals surface area contributed by atoms with Gasteiger partial charge in [-0.2, -0.15) is 0 Å². The van der Waals surface area contributed by atoms with Crippen LogP contribution in [0.3, 0.4) is 0 Å². The predicted molar refractivity (Wildman–Crippen MR) is 116 cm³/mol. The minimum atomic E-state index is -1.01. The largest absolute Gasteiger partial charge is 0.351 e. The lowest BCUT2D eigenvalue weighted by atomic mass is 9.90. The van der Waals surface area contributed by atoms with Gasteiger partial charge in [0.15, 0.2) is 0 Å². The van der Waals surface area contributed by atoms with Gasteiger partial charge in [-0.15, -0.1) is 0 Å². The van der Waals surface area contributed by atoms with Gasteiger partial charge < -0.3 is 5.32 Å². The van der Waals surface area contributed by atoms with Crippen LogP contribution in [0.4, 0.5) is 5.69 Å². The van der Waals surface area contributed by atoms with Gasteiger partial charge in [-0.25, -0.2) is 0 Å². The molecule has 5 heteroatoms. The van der Waals surface area contributed by atoms with Gasteiger partial charge in [0.25, 0.3) is 5.91 Å². The van der Waals surface area contributed by atoms with E-state index in [1.54, 1.807) is 29.3 Å². The van der Waals surface area contributed by atoms with E-state index in [1.807, 2.05) is 45.0 Å². The number of aryl methyl sites for hydroxylation is 1. The van der Waals surface area contributed by atoms with Crippen molar-refractivity contribution in [1.82, 2.24) is 10.3 Å². The first-order chi connectivity index (χ1) is 14.0. The highest BCUT2D eigenvalue weighted by atomic mass is 16.2. The van der Waals surface area contributed by atoms with E-state index in [9.17, 15) is 9.59 Å². The molecule has 2 amide bonds. The highest BCUT2D eigenvalue weighted by molar-refractivity contribution is 6.10. The summed E-state index contributed by atoms with van der Waals surface area (Å²) in [5.41, 5.74) is 1.12. The van der Waals surface area contributed by atoms with Crippen LogP contribution in [0.2, 0.25) is 0 Å². The second-order valence-electron chi connectivity index (χ2n) is 8.13. The third-order valence-corrected chi connectivity index (χ3v) is 5.99. The number of amides is 2. The van der Waals surface area contributed by atoms with Crippen molar-refractivity contribution in [1.29, 1.82) is 0 Å². The van der Waals surface area contributed by atoms with Crippen molar-refractivity contribution in [3.05, 3.63) is 59.9 Å². The number of aromatic nitrogens is 1. The summed E-state index contributed by atoms with van der Waals surface area (Å²) in [5, 5.41) is 3.23. The maximum Gasteiger partial charge on any atom is 0.277 e. The Bertz CT molecular complexity index is 829. The average Bonchev–Trinajstić information content (AvgIpc) is 2.76. The van der Waals surface area contributed by atoms with Crippen LogP contribution in [0, 0.1) is 6.92 Å². The molecule has 0 unspecified atom stereocenters. The molecular formula is C24H31N3O2. The third-order valence-electron chi connectivity index (χ3n) is 5.99. The molecule has 0 bridgehead atoms. The summed E-state index contributed by atoms with van der Waals surface area (Å²) in [6.07, 6.45) is 7.62. The van der Waals surface area contributed by atoms with E-state index >= 15 is 0 Å². The maximum atomic E-state index is 13.5. The van der Waals surface area contributed by atoms with E-state index in [2.05, 4.69) is 10.3 Å². The zero-order valence-electron chi connectivity index (χ0n) is 17.6. The normalized spacial score (nSPS) is 16.7. The van der Waals surface area contributed by atoms with Crippen LogP contribution in [0.15, 0.2) is 48.7 Å². The Morgan fingerprint density at radius 3 is 2.38 bits per heavy atom. The lowest BCUT2D eigenvalue weighted by Crippen LogP contribution is -2.60. The molecule has 5 nitrogen and oxygen atoms in total. The van der Waals surface area contributed by atoms with Gasteiger partial charge in [0.1, 0.15) is 11.2 Å². The molecule has 1 aliphatic rings. The van der Waals surface area contributed by atoms with Crippen molar-refractivity contribution in [2.75, 3.05) is 4.90 Å². The predicted octanol–water partition coefficient (Wildman–Crippen LogP) is 4.65. The molecule has 1 saturated carbocycles. The van der Waals surface area contributed by atoms with E-state index in [0.29, 0.717) is 17.8 Å². The SMILES string of the molecule is CC[C@](C)(C(=O)NC1CCCCC1)N(C(=O)c1ccccn1)c1ccc(C)cc1. The summed E-state index contributed by atoms with van der Waals surface area (Å²) in [6, 6.07) is 13.2. The topological polar surface area (TPSA) is 62.3 Å². The van der Waals surface area contributed by atoms with Crippen LogP contribution in [0.25, 0.3) is 0 Å². The van der Waals surface area contributed by atoms with Crippen LogP contribution >= 0.6 is 0 Å². The molecule has 1 heterocycles. The summed E-state index contributed by atoms with van der Waals surface area (Å²) < 4.78 is 0. The molecule has 0 saturated heterocycles. The summed E-state index contributed by atoms with van der Waals surface area (Å²) in [7, 11) is 0. The molecule has 0 spiro atoms. The van der Waals surface area contributed by atoms with Crippen LogP contribution < -0.4 is 10.2 Å². The summed E-state index contributed by atoms with van der Waals surface area (Å²) in [5.74, 6) is -0.366. The molecule has 1 atom stereocenters. The Labute approximate surface area is 173 Å². The van der Waals surface area contributed by atoms with Crippen molar-refractivity contribution in [2.24, 2.45) is 0 Å². The van der Waals surface area contributed by atoms with E-state index in [4.69, 9.17) is 0 Å². The summed E-state index contributed by atoms with van der Waals surface area (Å²) >= 11 is 0. The lowest BCUT2D eigenvalue weighted by Gasteiger charge is -2.40. The molecule has 3 rings (SSSR count). The van der Waals surface area contributed by atoms with E-state index in [0.717, 1.165) is 31.2 Å². The number of carbonyl (C=O) groups excluding carboxylic acids is 2. The van der Waals surface area contributed by atoms with Gasteiger partial charge >= 0.3 is 0 Å². The minimum absolute atomic E-state index is 0.100. The first-order valence-corrected chi connectivity index (χ1v) is 10.6. The molecule has 1 aromatic carbocycles. The van der Waals surface area contributed by atoms with Gasteiger partial charge in [-0.1, -0.05) is 49.9 Å². The fourth-order valence-corrected chi connectivity index (χ4v) is 3.93. The van der Waals surface area contributed by atoms with Gasteiger partial charge in [0.05, 0.1) is 0 Å².